The Bertz CT molecular complexity index is 649. The number of nitrogens with one attached hydrogen (secondary N) is 1. The zero-order chi connectivity index (χ0) is 14.4. The summed E-state index contributed by atoms with van der Waals surface area (Å²) in [6.45, 7) is 2.36. The van der Waals surface area contributed by atoms with Gasteiger partial charge in [0.1, 0.15) is 6.61 Å². The minimum atomic E-state index is -0.174. The van der Waals surface area contributed by atoms with Crippen LogP contribution in [0.3, 0.4) is 0 Å². The summed E-state index contributed by atoms with van der Waals surface area (Å²) < 4.78 is 0. The number of thiophene rings is 1. The first-order chi connectivity index (χ1) is 9.69. The Labute approximate surface area is 125 Å². The average Bonchev–Trinajstić information content (AvgIpc) is 3.05. The van der Waals surface area contributed by atoms with E-state index in [1.807, 2.05) is 12.3 Å². The average molecular weight is 306 g/mol. The minimum absolute atomic E-state index is 0.106. The van der Waals surface area contributed by atoms with E-state index in [2.05, 4.69) is 22.1 Å². The lowest BCUT2D eigenvalue weighted by Gasteiger charge is -2.01. The molecule has 0 unspecified atom stereocenters. The second kappa shape index (κ2) is 7.20. The summed E-state index contributed by atoms with van der Waals surface area (Å²) in [5.41, 5.74) is 1.61. The van der Waals surface area contributed by atoms with E-state index in [0.29, 0.717) is 12.1 Å². The molecule has 2 aromatic heterocycles. The Morgan fingerprint density at radius 3 is 3.00 bits per heavy atom. The first kappa shape index (κ1) is 14.7. The van der Waals surface area contributed by atoms with Gasteiger partial charge in [-0.2, -0.15) is 0 Å². The second-order valence-electron chi connectivity index (χ2n) is 4.02. The third-order valence-electron chi connectivity index (χ3n) is 2.49. The van der Waals surface area contributed by atoms with Gasteiger partial charge >= 0.3 is 0 Å². The van der Waals surface area contributed by atoms with Gasteiger partial charge in [-0.25, -0.2) is 4.98 Å². The van der Waals surface area contributed by atoms with Gasteiger partial charge in [0, 0.05) is 23.7 Å². The number of aliphatic hydroxyl groups is 1. The number of thiazole rings is 1. The molecule has 0 bridgehead atoms. The predicted molar refractivity (Wildman–Crippen MR) is 81.2 cm³/mol. The van der Waals surface area contributed by atoms with E-state index in [0.717, 1.165) is 22.0 Å². The van der Waals surface area contributed by atoms with Crippen molar-refractivity contribution in [1.29, 1.82) is 0 Å². The van der Waals surface area contributed by atoms with Gasteiger partial charge in [0.2, 0.25) is 0 Å². The fraction of sp³-hybridized carbons (Fsp3) is 0.286. The highest BCUT2D eigenvalue weighted by Crippen LogP contribution is 2.13. The van der Waals surface area contributed by atoms with E-state index in [-0.39, 0.29) is 12.5 Å². The number of nitrogens with zero attached hydrogens (tertiary/aromatic N) is 1. The number of hydrogen-bond acceptors (Lipinski definition) is 5. The number of aromatic nitrogens is 1. The van der Waals surface area contributed by atoms with Crippen molar-refractivity contribution in [1.82, 2.24) is 10.3 Å². The maximum atomic E-state index is 11.9. The molecule has 4 nitrogen and oxygen atoms in total. The molecule has 104 valence electrons. The number of carbonyl (C=O) groups is 1. The van der Waals surface area contributed by atoms with Gasteiger partial charge in [0.05, 0.1) is 21.1 Å². The van der Waals surface area contributed by atoms with Gasteiger partial charge in [-0.3, -0.25) is 4.79 Å². The summed E-state index contributed by atoms with van der Waals surface area (Å²) in [5, 5.41) is 16.3. The van der Waals surface area contributed by atoms with Crippen LogP contribution in [0.1, 0.15) is 25.9 Å². The smallest absolute Gasteiger partial charge is 0.252 e. The summed E-state index contributed by atoms with van der Waals surface area (Å²) in [6, 6.07) is 1.73. The highest BCUT2D eigenvalue weighted by molar-refractivity contribution is 7.10. The van der Waals surface area contributed by atoms with Crippen LogP contribution in [-0.2, 0) is 6.42 Å². The largest absolute Gasteiger partial charge is 0.384 e. The van der Waals surface area contributed by atoms with E-state index in [1.54, 1.807) is 22.8 Å². The number of rotatable bonds is 4. The number of amides is 1. The number of aryl methyl sites for hydroxylation is 1. The predicted octanol–water partition coefficient (Wildman–Crippen LogP) is 1.83. The monoisotopic (exact) mass is 306 g/mol. The maximum Gasteiger partial charge on any atom is 0.252 e. The Hall–Kier alpha value is -1.68. The first-order valence-electron chi connectivity index (χ1n) is 6.06. The zero-order valence-corrected chi connectivity index (χ0v) is 12.6. The molecule has 0 fully saturated rings. The molecule has 2 aromatic rings. The molecule has 0 saturated carbocycles. The van der Waals surface area contributed by atoms with E-state index >= 15 is 0 Å². The molecule has 1 amide bonds. The summed E-state index contributed by atoms with van der Waals surface area (Å²) in [7, 11) is 0. The maximum absolute atomic E-state index is 11.9. The molecule has 6 heteroatoms. The van der Waals surface area contributed by atoms with Crippen LogP contribution in [0.5, 0.6) is 0 Å². The zero-order valence-electron chi connectivity index (χ0n) is 11.0. The second-order valence-corrected chi connectivity index (χ2v) is 6.00. The van der Waals surface area contributed by atoms with Crippen LogP contribution in [0.2, 0.25) is 0 Å². The normalized spacial score (nSPS) is 9.90. The van der Waals surface area contributed by atoms with Crippen molar-refractivity contribution < 1.29 is 9.90 Å². The van der Waals surface area contributed by atoms with Crippen molar-refractivity contribution in [2.75, 3.05) is 13.2 Å². The Kier molecular flexibility index (Phi) is 5.30. The minimum Gasteiger partial charge on any atom is -0.384 e. The van der Waals surface area contributed by atoms with Crippen molar-refractivity contribution in [3.05, 3.63) is 38.0 Å². The third-order valence-corrected chi connectivity index (χ3v) is 4.15. The highest BCUT2D eigenvalue weighted by atomic mass is 32.1. The molecule has 2 N–H and O–H groups in total. The summed E-state index contributed by atoms with van der Waals surface area (Å²) in [5.74, 6) is 5.24. The lowest BCUT2D eigenvalue weighted by atomic mass is 10.2. The fourth-order valence-electron chi connectivity index (χ4n) is 1.58. The molecular weight excluding hydrogens is 292 g/mol. The Morgan fingerprint density at radius 1 is 1.45 bits per heavy atom. The van der Waals surface area contributed by atoms with Crippen LogP contribution in [0.25, 0.3) is 0 Å². The van der Waals surface area contributed by atoms with Gasteiger partial charge in [-0.1, -0.05) is 11.8 Å². The third kappa shape index (κ3) is 4.17. The van der Waals surface area contributed by atoms with Gasteiger partial charge in [-0.05, 0) is 13.0 Å². The van der Waals surface area contributed by atoms with Gasteiger partial charge in [0.25, 0.3) is 5.91 Å². The molecule has 0 atom stereocenters. The molecular formula is C14H14N2O2S2. The molecule has 0 aliphatic rings. The number of hydrogen-bond donors (Lipinski definition) is 2. The lowest BCUT2D eigenvalue weighted by Crippen LogP contribution is -2.25. The molecule has 0 aliphatic heterocycles. The van der Waals surface area contributed by atoms with E-state index in [9.17, 15) is 4.79 Å². The van der Waals surface area contributed by atoms with Crippen molar-refractivity contribution in [3.63, 3.8) is 0 Å². The van der Waals surface area contributed by atoms with E-state index in [1.165, 1.54) is 11.3 Å². The fourth-order valence-corrected chi connectivity index (χ4v) is 2.98. The summed E-state index contributed by atoms with van der Waals surface area (Å²) in [4.78, 5) is 17.0. The topological polar surface area (TPSA) is 62.2 Å². The van der Waals surface area contributed by atoms with Crippen molar-refractivity contribution in [2.45, 2.75) is 13.3 Å². The van der Waals surface area contributed by atoms with Gasteiger partial charge in [-0.15, -0.1) is 22.7 Å². The van der Waals surface area contributed by atoms with Crippen LogP contribution >= 0.6 is 22.7 Å². The Morgan fingerprint density at radius 2 is 2.30 bits per heavy atom. The van der Waals surface area contributed by atoms with Gasteiger partial charge in [0.15, 0.2) is 0 Å². The SMILES string of the molecule is Cc1nc(CCNC(=O)c2csc(C#CCO)c2)cs1. The number of aliphatic hydroxyl groups excluding tert-OH is 1. The highest BCUT2D eigenvalue weighted by Gasteiger charge is 2.07. The van der Waals surface area contributed by atoms with Gasteiger partial charge < -0.3 is 10.4 Å². The standard InChI is InChI=1S/C14H14N2O2S2/c1-10-16-12(9-19-10)4-5-15-14(18)11-7-13(20-8-11)3-2-6-17/h7-9,17H,4-6H2,1H3,(H,15,18). The first-order valence-corrected chi connectivity index (χ1v) is 7.82. The van der Waals surface area contributed by atoms with Crippen molar-refractivity contribution in [2.24, 2.45) is 0 Å². The number of carbonyl (C=O) groups excluding carboxylic acids is 1. The molecule has 20 heavy (non-hydrogen) atoms. The quantitative estimate of drug-likeness (QED) is 0.847. The molecule has 0 saturated heterocycles. The Balaban J connectivity index is 1.84. The van der Waals surface area contributed by atoms with Crippen LogP contribution < -0.4 is 5.32 Å². The van der Waals surface area contributed by atoms with Crippen molar-refractivity contribution in [3.8, 4) is 11.8 Å². The molecule has 0 radical (unpaired) electrons. The van der Waals surface area contributed by atoms with Crippen LogP contribution in [0.4, 0.5) is 0 Å². The molecule has 0 spiro atoms. The van der Waals surface area contributed by atoms with Crippen LogP contribution in [-0.4, -0.2) is 29.1 Å². The molecule has 0 aliphatic carbocycles. The van der Waals surface area contributed by atoms with Crippen LogP contribution in [0.15, 0.2) is 16.8 Å². The lowest BCUT2D eigenvalue weighted by molar-refractivity contribution is 0.0954. The summed E-state index contributed by atoms with van der Waals surface area (Å²) in [6.07, 6.45) is 0.734. The summed E-state index contributed by atoms with van der Waals surface area (Å²) >= 11 is 3.01. The van der Waals surface area contributed by atoms with E-state index in [4.69, 9.17) is 5.11 Å². The van der Waals surface area contributed by atoms with Crippen molar-refractivity contribution >= 4 is 28.6 Å². The molecule has 2 rings (SSSR count). The molecule has 0 aromatic carbocycles. The van der Waals surface area contributed by atoms with E-state index < -0.39 is 0 Å². The van der Waals surface area contributed by atoms with Crippen LogP contribution in [0, 0.1) is 18.8 Å². The molecule has 2 heterocycles.